The molecule has 0 aliphatic rings. The Labute approximate surface area is 140 Å². The summed E-state index contributed by atoms with van der Waals surface area (Å²) in [6.07, 6.45) is -0.550. The molecule has 0 bridgehead atoms. The van der Waals surface area contributed by atoms with Crippen LogP contribution in [0.15, 0.2) is 53.4 Å². The Balaban J connectivity index is 2.17. The zero-order valence-corrected chi connectivity index (χ0v) is 13.9. The predicted octanol–water partition coefficient (Wildman–Crippen LogP) is 2.57. The Kier molecular flexibility index (Phi) is 5.35. The summed E-state index contributed by atoms with van der Waals surface area (Å²) in [7, 11) is -3.94. The van der Waals surface area contributed by atoms with Crippen LogP contribution in [0.5, 0.6) is 5.75 Å². The molecular formula is C17H16O6S. The highest BCUT2D eigenvalue weighted by Gasteiger charge is 2.18. The molecule has 0 N–H and O–H groups in total. The summed E-state index contributed by atoms with van der Waals surface area (Å²) < 4.78 is 34.3. The summed E-state index contributed by atoms with van der Waals surface area (Å²) >= 11 is 0. The van der Waals surface area contributed by atoms with Crippen LogP contribution in [0, 0.1) is 6.92 Å². The highest BCUT2D eigenvalue weighted by molar-refractivity contribution is 7.87. The van der Waals surface area contributed by atoms with E-state index in [9.17, 15) is 18.0 Å². The van der Waals surface area contributed by atoms with E-state index in [1.165, 1.54) is 43.3 Å². The van der Waals surface area contributed by atoms with Crippen LogP contribution in [0.2, 0.25) is 0 Å². The van der Waals surface area contributed by atoms with Gasteiger partial charge < -0.3 is 8.92 Å². The molecule has 24 heavy (non-hydrogen) atoms. The van der Waals surface area contributed by atoms with Crippen LogP contribution in [-0.2, 0) is 24.4 Å². The minimum absolute atomic E-state index is 0.0443. The number of benzene rings is 2. The van der Waals surface area contributed by atoms with Crippen LogP contribution < -0.4 is 4.18 Å². The van der Waals surface area contributed by atoms with E-state index in [1.54, 1.807) is 12.1 Å². The number of hydrogen-bond acceptors (Lipinski definition) is 6. The summed E-state index contributed by atoms with van der Waals surface area (Å²) in [5.41, 5.74) is 1.35. The molecule has 0 saturated heterocycles. The van der Waals surface area contributed by atoms with Gasteiger partial charge in [0.2, 0.25) is 0 Å². The van der Waals surface area contributed by atoms with Crippen molar-refractivity contribution in [3.8, 4) is 5.75 Å². The Hall–Kier alpha value is -2.67. The number of aryl methyl sites for hydroxylation is 1. The third-order valence-corrected chi connectivity index (χ3v) is 4.40. The molecule has 2 aromatic carbocycles. The van der Waals surface area contributed by atoms with Crippen molar-refractivity contribution in [1.82, 2.24) is 0 Å². The molecule has 0 radical (unpaired) electrons. The Morgan fingerprint density at radius 3 is 2.12 bits per heavy atom. The van der Waals surface area contributed by atoms with E-state index in [0.29, 0.717) is 11.8 Å². The lowest BCUT2D eigenvalue weighted by atomic mass is 10.1. The Morgan fingerprint density at radius 2 is 1.62 bits per heavy atom. The molecule has 0 spiro atoms. The second-order valence-electron chi connectivity index (χ2n) is 5.09. The normalized spacial score (nSPS) is 12.2. The molecule has 0 aliphatic carbocycles. The topological polar surface area (TPSA) is 86.7 Å². The van der Waals surface area contributed by atoms with Crippen molar-refractivity contribution >= 4 is 22.4 Å². The third kappa shape index (κ3) is 4.42. The first kappa shape index (κ1) is 17.7. The molecule has 2 aromatic rings. The van der Waals surface area contributed by atoms with E-state index in [1.807, 2.05) is 6.92 Å². The smallest absolute Gasteiger partial charge is 0.339 e. The van der Waals surface area contributed by atoms with E-state index < -0.39 is 22.2 Å². The first-order valence-corrected chi connectivity index (χ1v) is 8.46. The van der Waals surface area contributed by atoms with Gasteiger partial charge in [-0.15, -0.1) is 0 Å². The van der Waals surface area contributed by atoms with Crippen LogP contribution in [0.1, 0.15) is 24.2 Å². The highest BCUT2D eigenvalue weighted by Crippen LogP contribution is 2.22. The van der Waals surface area contributed by atoms with Crippen molar-refractivity contribution in [2.24, 2.45) is 0 Å². The van der Waals surface area contributed by atoms with Gasteiger partial charge >= 0.3 is 16.1 Å². The molecule has 0 aliphatic heterocycles. The Morgan fingerprint density at radius 1 is 1.04 bits per heavy atom. The van der Waals surface area contributed by atoms with E-state index >= 15 is 0 Å². The van der Waals surface area contributed by atoms with Gasteiger partial charge in [0.1, 0.15) is 10.6 Å². The summed E-state index contributed by atoms with van der Waals surface area (Å²) in [5, 5.41) is 0. The number of ether oxygens (including phenoxy) is 1. The average molecular weight is 348 g/mol. The number of hydrogen-bond donors (Lipinski definition) is 0. The van der Waals surface area contributed by atoms with E-state index in [0.717, 1.165) is 5.56 Å². The van der Waals surface area contributed by atoms with E-state index in [-0.39, 0.29) is 10.6 Å². The van der Waals surface area contributed by atoms with Gasteiger partial charge in [0.25, 0.3) is 0 Å². The van der Waals surface area contributed by atoms with Gasteiger partial charge in [-0.05, 0) is 36.8 Å². The first-order valence-electron chi connectivity index (χ1n) is 7.05. The first-order chi connectivity index (χ1) is 11.3. The van der Waals surface area contributed by atoms with Crippen LogP contribution in [-0.4, -0.2) is 20.7 Å². The lowest BCUT2D eigenvalue weighted by Gasteiger charge is -2.12. The molecule has 0 aromatic heterocycles. The zero-order chi connectivity index (χ0) is 17.7. The molecule has 1 atom stereocenters. The lowest BCUT2D eigenvalue weighted by molar-refractivity contribution is -0.149. The number of esters is 1. The standard InChI is InChI=1S/C17H16O6S/c1-12-3-9-16(10-4-12)24(20,21)23-15-7-5-14(6-8-15)17(11-18)22-13(2)19/h3-11,17H,1-2H3. The maximum atomic E-state index is 12.2. The molecule has 1 unspecified atom stereocenters. The molecule has 0 saturated carbocycles. The van der Waals surface area contributed by atoms with Crippen LogP contribution >= 0.6 is 0 Å². The number of rotatable bonds is 6. The zero-order valence-electron chi connectivity index (χ0n) is 13.1. The van der Waals surface area contributed by atoms with Gasteiger partial charge in [-0.25, -0.2) is 0 Å². The summed E-state index contributed by atoms with van der Waals surface area (Å²) in [5.74, 6) is -0.499. The third-order valence-electron chi connectivity index (χ3n) is 3.14. The van der Waals surface area contributed by atoms with Crippen molar-refractivity contribution in [2.45, 2.75) is 24.8 Å². The molecule has 0 amide bonds. The SMILES string of the molecule is CC(=O)OC(C=O)c1ccc(OS(=O)(=O)c2ccc(C)cc2)cc1. The maximum Gasteiger partial charge on any atom is 0.339 e. The van der Waals surface area contributed by atoms with Crippen LogP contribution in [0.4, 0.5) is 0 Å². The van der Waals surface area contributed by atoms with Gasteiger partial charge in [-0.2, -0.15) is 8.42 Å². The van der Waals surface area contributed by atoms with Gasteiger partial charge in [0.15, 0.2) is 12.4 Å². The maximum absolute atomic E-state index is 12.2. The van der Waals surface area contributed by atoms with Crippen molar-refractivity contribution in [1.29, 1.82) is 0 Å². The van der Waals surface area contributed by atoms with Crippen LogP contribution in [0.25, 0.3) is 0 Å². The van der Waals surface area contributed by atoms with E-state index in [2.05, 4.69) is 0 Å². The van der Waals surface area contributed by atoms with E-state index in [4.69, 9.17) is 8.92 Å². The van der Waals surface area contributed by atoms with Gasteiger partial charge in [-0.3, -0.25) is 9.59 Å². The van der Waals surface area contributed by atoms with Crippen LogP contribution in [0.3, 0.4) is 0 Å². The largest absolute Gasteiger partial charge is 0.450 e. The number of carbonyl (C=O) groups is 2. The Bertz CT molecular complexity index is 822. The lowest BCUT2D eigenvalue weighted by Crippen LogP contribution is -2.11. The van der Waals surface area contributed by atoms with Crippen molar-refractivity contribution in [3.05, 3.63) is 59.7 Å². The fourth-order valence-electron chi connectivity index (χ4n) is 1.95. The fourth-order valence-corrected chi connectivity index (χ4v) is 2.88. The molecule has 126 valence electrons. The van der Waals surface area contributed by atoms with Crippen molar-refractivity contribution in [2.75, 3.05) is 0 Å². The second kappa shape index (κ2) is 7.27. The monoisotopic (exact) mass is 348 g/mol. The molecule has 0 fully saturated rings. The molecule has 0 heterocycles. The quantitative estimate of drug-likeness (QED) is 0.453. The second-order valence-corrected chi connectivity index (χ2v) is 6.63. The van der Waals surface area contributed by atoms with Crippen molar-refractivity contribution < 1.29 is 26.9 Å². The van der Waals surface area contributed by atoms with Crippen molar-refractivity contribution in [3.63, 3.8) is 0 Å². The fraction of sp³-hybridized carbons (Fsp3) is 0.176. The predicted molar refractivity (Wildman–Crippen MR) is 86.0 cm³/mol. The molecule has 2 rings (SSSR count). The van der Waals surface area contributed by atoms with Gasteiger partial charge in [-0.1, -0.05) is 29.8 Å². The summed E-state index contributed by atoms with van der Waals surface area (Å²) in [4.78, 5) is 21.9. The highest BCUT2D eigenvalue weighted by atomic mass is 32.2. The summed E-state index contributed by atoms with van der Waals surface area (Å²) in [6.45, 7) is 3.05. The van der Waals surface area contributed by atoms with Gasteiger partial charge in [0, 0.05) is 6.92 Å². The minimum Gasteiger partial charge on any atom is -0.450 e. The molecular weight excluding hydrogens is 332 g/mol. The number of carbonyl (C=O) groups excluding carboxylic acids is 2. The number of aldehydes is 1. The van der Waals surface area contributed by atoms with Gasteiger partial charge in [0.05, 0.1) is 0 Å². The summed E-state index contributed by atoms with van der Waals surface area (Å²) in [6, 6.07) is 12.0. The average Bonchev–Trinajstić information content (AvgIpc) is 2.53. The molecule has 7 heteroatoms. The minimum atomic E-state index is -3.94. The molecule has 6 nitrogen and oxygen atoms in total.